The second-order valence-corrected chi connectivity index (χ2v) is 3.87. The number of morpholine rings is 1. The van der Waals surface area contributed by atoms with Gasteiger partial charge in [0, 0.05) is 18.7 Å². The Kier molecular flexibility index (Phi) is 3.68. The second-order valence-electron chi connectivity index (χ2n) is 3.87. The van der Waals surface area contributed by atoms with Crippen molar-refractivity contribution in [1.82, 2.24) is 4.90 Å². The van der Waals surface area contributed by atoms with E-state index < -0.39 is 11.6 Å². The van der Waals surface area contributed by atoms with E-state index in [-0.39, 0.29) is 17.9 Å². The highest BCUT2D eigenvalue weighted by molar-refractivity contribution is 5.79. The molecule has 1 heterocycles. The van der Waals surface area contributed by atoms with Crippen molar-refractivity contribution < 1.29 is 18.3 Å². The van der Waals surface area contributed by atoms with E-state index in [0.717, 1.165) is 12.1 Å². The Bertz CT molecular complexity index is 397. The van der Waals surface area contributed by atoms with Crippen molar-refractivity contribution in [2.75, 3.05) is 26.3 Å². The third-order valence-corrected chi connectivity index (χ3v) is 2.75. The molecule has 0 spiro atoms. The molecule has 1 saturated heterocycles. The molecule has 1 aliphatic heterocycles. The first-order valence-electron chi connectivity index (χ1n) is 5.47. The SMILES string of the molecule is O=C(Cc1c(F)cccc1F)N1CCOCC1. The number of rotatable bonds is 2. The predicted octanol–water partition coefficient (Wildman–Crippen LogP) is 1.37. The van der Waals surface area contributed by atoms with Gasteiger partial charge in [-0.25, -0.2) is 8.78 Å². The van der Waals surface area contributed by atoms with E-state index in [9.17, 15) is 13.6 Å². The largest absolute Gasteiger partial charge is 0.378 e. The topological polar surface area (TPSA) is 29.5 Å². The van der Waals surface area contributed by atoms with Crippen LogP contribution in [0.25, 0.3) is 0 Å². The smallest absolute Gasteiger partial charge is 0.227 e. The molecule has 0 radical (unpaired) electrons. The standard InChI is InChI=1S/C12H13F2NO2/c13-10-2-1-3-11(14)9(10)8-12(16)15-4-6-17-7-5-15/h1-3H,4-8H2. The highest BCUT2D eigenvalue weighted by Gasteiger charge is 2.20. The van der Waals surface area contributed by atoms with Crippen LogP contribution in [0, 0.1) is 11.6 Å². The molecular weight excluding hydrogens is 228 g/mol. The van der Waals surface area contributed by atoms with Crippen molar-refractivity contribution >= 4 is 5.91 Å². The van der Waals surface area contributed by atoms with Crippen LogP contribution in [-0.2, 0) is 16.0 Å². The summed E-state index contributed by atoms with van der Waals surface area (Å²) >= 11 is 0. The van der Waals surface area contributed by atoms with Crippen LogP contribution >= 0.6 is 0 Å². The minimum absolute atomic E-state index is 0.163. The van der Waals surface area contributed by atoms with E-state index in [1.807, 2.05) is 0 Å². The van der Waals surface area contributed by atoms with E-state index >= 15 is 0 Å². The number of nitrogens with zero attached hydrogens (tertiary/aromatic N) is 1. The van der Waals surface area contributed by atoms with Crippen molar-refractivity contribution in [1.29, 1.82) is 0 Å². The van der Waals surface area contributed by atoms with Gasteiger partial charge >= 0.3 is 0 Å². The number of carbonyl (C=O) groups is 1. The fraction of sp³-hybridized carbons (Fsp3) is 0.417. The van der Waals surface area contributed by atoms with Crippen LogP contribution in [0.1, 0.15) is 5.56 Å². The molecule has 0 atom stereocenters. The number of hydrogen-bond donors (Lipinski definition) is 0. The first-order chi connectivity index (χ1) is 8.18. The van der Waals surface area contributed by atoms with Gasteiger partial charge in [0.1, 0.15) is 11.6 Å². The molecular formula is C12H13F2NO2. The van der Waals surface area contributed by atoms with E-state index in [0.29, 0.717) is 26.3 Å². The van der Waals surface area contributed by atoms with Gasteiger partial charge < -0.3 is 9.64 Å². The summed E-state index contributed by atoms with van der Waals surface area (Å²) in [7, 11) is 0. The first-order valence-corrected chi connectivity index (χ1v) is 5.47. The number of carbonyl (C=O) groups excluding carboxylic acids is 1. The number of benzene rings is 1. The van der Waals surface area contributed by atoms with Gasteiger partial charge in [-0.1, -0.05) is 6.07 Å². The van der Waals surface area contributed by atoms with Crippen LogP contribution in [0.3, 0.4) is 0 Å². The highest BCUT2D eigenvalue weighted by Crippen LogP contribution is 2.14. The van der Waals surface area contributed by atoms with Gasteiger partial charge in [0.25, 0.3) is 0 Å². The Hall–Kier alpha value is -1.49. The minimum atomic E-state index is -0.674. The number of ether oxygens (including phenoxy) is 1. The van der Waals surface area contributed by atoms with Crippen LogP contribution in [0.4, 0.5) is 8.78 Å². The summed E-state index contributed by atoms with van der Waals surface area (Å²) in [5.74, 6) is -1.62. The maximum absolute atomic E-state index is 13.3. The summed E-state index contributed by atoms with van der Waals surface area (Å²) in [6.07, 6.45) is -0.238. The Morgan fingerprint density at radius 1 is 1.24 bits per heavy atom. The normalized spacial score (nSPS) is 16.0. The highest BCUT2D eigenvalue weighted by atomic mass is 19.1. The molecule has 92 valence electrons. The molecule has 0 unspecified atom stereocenters. The zero-order valence-corrected chi connectivity index (χ0v) is 9.29. The number of halogens is 2. The van der Waals surface area contributed by atoms with Gasteiger partial charge in [0.05, 0.1) is 19.6 Å². The molecule has 0 N–H and O–H groups in total. The fourth-order valence-electron chi connectivity index (χ4n) is 1.78. The lowest BCUT2D eigenvalue weighted by Crippen LogP contribution is -2.41. The lowest BCUT2D eigenvalue weighted by Gasteiger charge is -2.27. The van der Waals surface area contributed by atoms with Gasteiger partial charge in [-0.15, -0.1) is 0 Å². The number of hydrogen-bond acceptors (Lipinski definition) is 2. The quantitative estimate of drug-likeness (QED) is 0.782. The summed E-state index contributed by atoms with van der Waals surface area (Å²) in [5.41, 5.74) is -0.163. The molecule has 1 aliphatic rings. The first kappa shape index (κ1) is 12.0. The Morgan fingerprint density at radius 3 is 2.41 bits per heavy atom. The molecule has 3 nitrogen and oxygen atoms in total. The zero-order valence-electron chi connectivity index (χ0n) is 9.29. The maximum Gasteiger partial charge on any atom is 0.227 e. The second kappa shape index (κ2) is 5.23. The maximum atomic E-state index is 13.3. The summed E-state index contributed by atoms with van der Waals surface area (Å²) < 4.78 is 31.8. The summed E-state index contributed by atoms with van der Waals surface area (Å²) in [6.45, 7) is 1.92. The lowest BCUT2D eigenvalue weighted by molar-refractivity contribution is -0.134. The molecule has 0 aliphatic carbocycles. The van der Waals surface area contributed by atoms with Crippen molar-refractivity contribution in [2.24, 2.45) is 0 Å². The lowest BCUT2D eigenvalue weighted by atomic mass is 10.1. The van der Waals surface area contributed by atoms with Crippen LogP contribution in [0.2, 0.25) is 0 Å². The van der Waals surface area contributed by atoms with Crippen LogP contribution in [0.5, 0.6) is 0 Å². The molecule has 0 saturated carbocycles. The number of amides is 1. The molecule has 1 fully saturated rings. The van der Waals surface area contributed by atoms with E-state index in [2.05, 4.69) is 0 Å². The van der Waals surface area contributed by atoms with Crippen LogP contribution in [0.15, 0.2) is 18.2 Å². The molecule has 0 bridgehead atoms. The monoisotopic (exact) mass is 241 g/mol. The molecule has 17 heavy (non-hydrogen) atoms. The molecule has 1 amide bonds. The predicted molar refractivity (Wildman–Crippen MR) is 57.5 cm³/mol. The van der Waals surface area contributed by atoms with E-state index in [1.165, 1.54) is 6.07 Å². The Morgan fingerprint density at radius 2 is 1.82 bits per heavy atom. The third-order valence-electron chi connectivity index (χ3n) is 2.75. The van der Waals surface area contributed by atoms with E-state index in [1.54, 1.807) is 4.90 Å². The molecule has 1 aromatic carbocycles. The Balaban J connectivity index is 2.07. The average molecular weight is 241 g/mol. The van der Waals surface area contributed by atoms with Gasteiger partial charge in [0.15, 0.2) is 0 Å². The Labute approximate surface area is 98.0 Å². The average Bonchev–Trinajstić information content (AvgIpc) is 2.35. The van der Waals surface area contributed by atoms with Crippen LogP contribution < -0.4 is 0 Å². The molecule has 0 aromatic heterocycles. The van der Waals surface area contributed by atoms with Crippen molar-refractivity contribution in [3.05, 3.63) is 35.4 Å². The zero-order chi connectivity index (χ0) is 12.3. The third kappa shape index (κ3) is 2.79. The van der Waals surface area contributed by atoms with Crippen molar-refractivity contribution in [2.45, 2.75) is 6.42 Å². The van der Waals surface area contributed by atoms with Gasteiger partial charge in [-0.3, -0.25) is 4.79 Å². The van der Waals surface area contributed by atoms with Gasteiger partial charge in [0.2, 0.25) is 5.91 Å². The molecule has 1 aromatic rings. The van der Waals surface area contributed by atoms with Crippen LogP contribution in [-0.4, -0.2) is 37.1 Å². The minimum Gasteiger partial charge on any atom is -0.378 e. The van der Waals surface area contributed by atoms with Gasteiger partial charge in [-0.2, -0.15) is 0 Å². The van der Waals surface area contributed by atoms with Crippen molar-refractivity contribution in [3.63, 3.8) is 0 Å². The van der Waals surface area contributed by atoms with Gasteiger partial charge in [-0.05, 0) is 12.1 Å². The molecule has 2 rings (SSSR count). The summed E-state index contributed by atoms with van der Waals surface area (Å²) in [5, 5.41) is 0. The van der Waals surface area contributed by atoms with Crippen molar-refractivity contribution in [3.8, 4) is 0 Å². The van der Waals surface area contributed by atoms with E-state index in [4.69, 9.17) is 4.74 Å². The molecule has 5 heteroatoms. The fourth-order valence-corrected chi connectivity index (χ4v) is 1.78. The summed E-state index contributed by atoms with van der Waals surface area (Å²) in [6, 6.07) is 3.60. The summed E-state index contributed by atoms with van der Waals surface area (Å²) in [4.78, 5) is 13.4.